The lowest BCUT2D eigenvalue weighted by atomic mass is 10.1. The van der Waals surface area contributed by atoms with E-state index in [-0.39, 0.29) is 5.78 Å². The maximum atomic E-state index is 11.3. The molecule has 0 aliphatic heterocycles. The second-order valence-electron chi connectivity index (χ2n) is 2.85. The maximum absolute atomic E-state index is 11.3. The van der Waals surface area contributed by atoms with Gasteiger partial charge in [-0.1, -0.05) is 18.5 Å². The van der Waals surface area contributed by atoms with Crippen LogP contribution in [0, 0.1) is 6.92 Å². The van der Waals surface area contributed by atoms with Crippen LogP contribution in [0.25, 0.3) is 0 Å². The van der Waals surface area contributed by atoms with Gasteiger partial charge < -0.3 is 4.52 Å². The number of carbonyl (C=O) groups is 1. The fourth-order valence-electron chi connectivity index (χ4n) is 0.963. The van der Waals surface area contributed by atoms with Crippen LogP contribution in [0.2, 0.25) is 0 Å². The summed E-state index contributed by atoms with van der Waals surface area (Å²) in [7, 11) is 0. The minimum atomic E-state index is 0.0775. The van der Waals surface area contributed by atoms with E-state index < -0.39 is 0 Å². The highest BCUT2D eigenvalue weighted by molar-refractivity contribution is 5.94. The van der Waals surface area contributed by atoms with Gasteiger partial charge in [0.15, 0.2) is 5.78 Å². The number of rotatable bonds is 4. The third kappa shape index (κ3) is 2.19. The fourth-order valence-corrected chi connectivity index (χ4v) is 0.963. The number of ketones is 1. The van der Waals surface area contributed by atoms with Gasteiger partial charge in [0.05, 0.1) is 0 Å². The van der Waals surface area contributed by atoms with Crippen molar-refractivity contribution in [1.29, 1.82) is 0 Å². The smallest absolute Gasteiger partial charge is 0.184 e. The molecule has 3 nitrogen and oxygen atoms in total. The molecule has 0 aliphatic rings. The maximum Gasteiger partial charge on any atom is 0.184 e. The Morgan fingerprint density at radius 2 is 2.42 bits per heavy atom. The highest BCUT2D eigenvalue weighted by Crippen LogP contribution is 2.06. The number of nitrogens with zero attached hydrogens (tertiary/aromatic N) is 1. The van der Waals surface area contributed by atoms with Crippen LogP contribution < -0.4 is 0 Å². The molecule has 0 bridgehead atoms. The molecule has 0 radical (unpaired) electrons. The van der Waals surface area contributed by atoms with Crippen molar-refractivity contribution in [3.8, 4) is 0 Å². The third-order valence-electron chi connectivity index (χ3n) is 1.67. The van der Waals surface area contributed by atoms with Crippen LogP contribution in [0.3, 0.4) is 0 Å². The summed E-state index contributed by atoms with van der Waals surface area (Å²) in [4.78, 5) is 11.3. The molecule has 0 atom stereocenters. The molecular weight excluding hydrogens is 154 g/mol. The second kappa shape index (κ2) is 4.04. The van der Waals surface area contributed by atoms with E-state index in [2.05, 4.69) is 12.1 Å². The number of hydrogen-bond acceptors (Lipinski definition) is 3. The molecule has 0 N–H and O–H groups in total. The third-order valence-corrected chi connectivity index (χ3v) is 1.67. The largest absolute Gasteiger partial charge is 0.361 e. The first kappa shape index (κ1) is 8.97. The number of unbranched alkanes of at least 4 members (excludes halogenated alkanes) is 1. The van der Waals surface area contributed by atoms with Crippen LogP contribution in [-0.4, -0.2) is 10.9 Å². The summed E-state index contributed by atoms with van der Waals surface area (Å²) in [6, 6.07) is 1.68. The normalized spacial score (nSPS) is 10.2. The minimum absolute atomic E-state index is 0.0775. The summed E-state index contributed by atoms with van der Waals surface area (Å²) in [5.41, 5.74) is 0.459. The van der Waals surface area contributed by atoms with Crippen LogP contribution in [0.1, 0.15) is 42.4 Å². The molecule has 0 saturated heterocycles. The van der Waals surface area contributed by atoms with Gasteiger partial charge in [-0.25, -0.2) is 0 Å². The van der Waals surface area contributed by atoms with Crippen LogP contribution in [-0.2, 0) is 0 Å². The number of aryl methyl sites for hydroxylation is 1. The number of aromatic nitrogens is 1. The van der Waals surface area contributed by atoms with Gasteiger partial charge in [0.25, 0.3) is 0 Å². The van der Waals surface area contributed by atoms with Crippen molar-refractivity contribution in [2.75, 3.05) is 0 Å². The molecule has 1 aromatic heterocycles. The molecule has 1 heterocycles. The van der Waals surface area contributed by atoms with E-state index in [0.29, 0.717) is 17.9 Å². The molecule has 1 rings (SSSR count). The molecule has 0 aliphatic carbocycles. The van der Waals surface area contributed by atoms with Gasteiger partial charge in [-0.2, -0.15) is 0 Å². The van der Waals surface area contributed by atoms with Gasteiger partial charge in [-0.3, -0.25) is 4.79 Å². The van der Waals surface area contributed by atoms with Gasteiger partial charge in [0.1, 0.15) is 11.5 Å². The summed E-state index contributed by atoms with van der Waals surface area (Å²) in [5, 5.41) is 3.64. The van der Waals surface area contributed by atoms with Gasteiger partial charge in [-0.05, 0) is 13.3 Å². The lowest BCUT2D eigenvalue weighted by Crippen LogP contribution is -1.98. The Hall–Kier alpha value is -1.12. The number of Topliss-reactive ketones (excluding diaryl/α,β-unsaturated/α-hetero) is 1. The Labute approximate surface area is 71.7 Å². The summed E-state index contributed by atoms with van der Waals surface area (Å²) in [6.45, 7) is 3.84. The molecule has 0 saturated carbocycles. The average Bonchev–Trinajstić information content (AvgIpc) is 2.47. The van der Waals surface area contributed by atoms with Crippen molar-refractivity contribution in [2.45, 2.75) is 33.1 Å². The zero-order valence-electron chi connectivity index (χ0n) is 7.46. The van der Waals surface area contributed by atoms with Crippen LogP contribution in [0.15, 0.2) is 10.6 Å². The van der Waals surface area contributed by atoms with Gasteiger partial charge in [-0.15, -0.1) is 0 Å². The summed E-state index contributed by atoms with van der Waals surface area (Å²) < 4.78 is 4.79. The van der Waals surface area contributed by atoms with Crippen LogP contribution in [0.4, 0.5) is 0 Å². The fraction of sp³-hybridized carbons (Fsp3) is 0.556. The van der Waals surface area contributed by atoms with Gasteiger partial charge >= 0.3 is 0 Å². The average molecular weight is 167 g/mol. The predicted octanol–water partition coefficient (Wildman–Crippen LogP) is 2.36. The lowest BCUT2D eigenvalue weighted by molar-refractivity contribution is 0.0971. The quantitative estimate of drug-likeness (QED) is 0.646. The van der Waals surface area contributed by atoms with Gasteiger partial charge in [0, 0.05) is 12.5 Å². The number of carbonyl (C=O) groups excluding carboxylic acids is 1. The van der Waals surface area contributed by atoms with Crippen molar-refractivity contribution in [3.05, 3.63) is 17.5 Å². The Balaban J connectivity index is 2.53. The molecule has 0 unspecified atom stereocenters. The van der Waals surface area contributed by atoms with Crippen molar-refractivity contribution in [1.82, 2.24) is 5.16 Å². The molecular formula is C9H13NO2. The SMILES string of the molecule is CCCCC(=O)c1cc(C)on1. The van der Waals surface area contributed by atoms with E-state index in [1.54, 1.807) is 13.0 Å². The predicted molar refractivity (Wildman–Crippen MR) is 45.1 cm³/mol. The second-order valence-corrected chi connectivity index (χ2v) is 2.85. The lowest BCUT2D eigenvalue weighted by Gasteiger charge is -1.91. The molecule has 0 amide bonds. The Bertz CT molecular complexity index is 265. The van der Waals surface area contributed by atoms with E-state index >= 15 is 0 Å². The zero-order chi connectivity index (χ0) is 8.97. The molecule has 3 heteroatoms. The van der Waals surface area contributed by atoms with E-state index in [9.17, 15) is 4.79 Å². The first-order valence-corrected chi connectivity index (χ1v) is 4.20. The van der Waals surface area contributed by atoms with Gasteiger partial charge in [0.2, 0.25) is 0 Å². The summed E-state index contributed by atoms with van der Waals surface area (Å²) in [5.74, 6) is 0.767. The first-order valence-electron chi connectivity index (χ1n) is 4.20. The van der Waals surface area contributed by atoms with Crippen LogP contribution in [0.5, 0.6) is 0 Å². The molecule has 66 valence electrons. The van der Waals surface area contributed by atoms with E-state index in [1.165, 1.54) is 0 Å². The van der Waals surface area contributed by atoms with E-state index in [1.807, 2.05) is 0 Å². The molecule has 0 spiro atoms. The summed E-state index contributed by atoms with van der Waals surface area (Å²) in [6.07, 6.45) is 2.52. The van der Waals surface area contributed by atoms with Crippen molar-refractivity contribution < 1.29 is 9.32 Å². The first-order chi connectivity index (χ1) is 5.74. The van der Waals surface area contributed by atoms with E-state index in [4.69, 9.17) is 4.52 Å². The zero-order valence-corrected chi connectivity index (χ0v) is 7.46. The van der Waals surface area contributed by atoms with Crippen molar-refractivity contribution >= 4 is 5.78 Å². The molecule has 0 aromatic carbocycles. The van der Waals surface area contributed by atoms with Crippen LogP contribution >= 0.6 is 0 Å². The van der Waals surface area contributed by atoms with Crippen molar-refractivity contribution in [2.24, 2.45) is 0 Å². The Morgan fingerprint density at radius 1 is 1.67 bits per heavy atom. The highest BCUT2D eigenvalue weighted by Gasteiger charge is 2.09. The Morgan fingerprint density at radius 3 is 2.92 bits per heavy atom. The summed E-state index contributed by atoms with van der Waals surface area (Å²) >= 11 is 0. The number of hydrogen-bond donors (Lipinski definition) is 0. The Kier molecular flexibility index (Phi) is 3.02. The molecule has 12 heavy (non-hydrogen) atoms. The van der Waals surface area contributed by atoms with Crippen molar-refractivity contribution in [3.63, 3.8) is 0 Å². The minimum Gasteiger partial charge on any atom is -0.361 e. The molecule has 0 fully saturated rings. The molecule has 1 aromatic rings. The standard InChI is InChI=1S/C9H13NO2/c1-3-4-5-9(11)8-6-7(2)12-10-8/h6H,3-5H2,1-2H3. The van der Waals surface area contributed by atoms with E-state index in [0.717, 1.165) is 12.8 Å². The monoisotopic (exact) mass is 167 g/mol. The topological polar surface area (TPSA) is 43.1 Å². The highest BCUT2D eigenvalue weighted by atomic mass is 16.5.